The minimum absolute atomic E-state index is 0.560. The SMILES string of the molecule is Cn1cc(S)c(=S)c(=S)[nH]1. The van der Waals surface area contributed by atoms with Crippen LogP contribution in [0.3, 0.4) is 0 Å². The van der Waals surface area contributed by atoms with Crippen LogP contribution in [-0.2, 0) is 7.05 Å². The van der Waals surface area contributed by atoms with E-state index in [0.717, 1.165) is 4.90 Å². The summed E-state index contributed by atoms with van der Waals surface area (Å²) in [5, 5.41) is 2.86. The molecule has 1 rings (SSSR count). The van der Waals surface area contributed by atoms with Crippen LogP contribution in [0.1, 0.15) is 0 Å². The Hall–Kier alpha value is -0.130. The molecule has 0 aliphatic rings. The first kappa shape index (κ1) is 7.97. The van der Waals surface area contributed by atoms with E-state index in [4.69, 9.17) is 24.4 Å². The molecule has 0 aliphatic carbocycles. The Kier molecular flexibility index (Phi) is 2.28. The molecule has 10 heavy (non-hydrogen) atoms. The van der Waals surface area contributed by atoms with Crippen molar-refractivity contribution in [1.82, 2.24) is 9.78 Å². The van der Waals surface area contributed by atoms with Crippen LogP contribution in [0.2, 0.25) is 0 Å². The largest absolute Gasteiger partial charge is 0.296 e. The number of hydrogen-bond donors (Lipinski definition) is 2. The second kappa shape index (κ2) is 2.86. The van der Waals surface area contributed by atoms with Crippen molar-refractivity contribution in [3.8, 4) is 0 Å². The van der Waals surface area contributed by atoms with Gasteiger partial charge in [0.05, 0.1) is 4.51 Å². The molecule has 1 aromatic rings. The van der Waals surface area contributed by atoms with Crippen LogP contribution >= 0.6 is 37.1 Å². The smallest absolute Gasteiger partial charge is 0.137 e. The van der Waals surface area contributed by atoms with Crippen LogP contribution in [0.5, 0.6) is 0 Å². The summed E-state index contributed by atoms with van der Waals surface area (Å²) in [4.78, 5) is 0.737. The van der Waals surface area contributed by atoms with Gasteiger partial charge in [-0.25, -0.2) is 0 Å². The molecule has 1 N–H and O–H groups in total. The number of H-pyrrole nitrogens is 1. The van der Waals surface area contributed by atoms with Crippen molar-refractivity contribution < 1.29 is 0 Å². The summed E-state index contributed by atoms with van der Waals surface area (Å²) in [5.41, 5.74) is 0. The molecule has 0 atom stereocenters. The maximum atomic E-state index is 4.93. The molecule has 1 aromatic heterocycles. The molecular formula is C5H6N2S3. The van der Waals surface area contributed by atoms with Crippen LogP contribution in [0.25, 0.3) is 0 Å². The van der Waals surface area contributed by atoms with Gasteiger partial charge in [0.15, 0.2) is 0 Å². The average Bonchev–Trinajstić information content (AvgIpc) is 1.82. The van der Waals surface area contributed by atoms with Gasteiger partial charge in [-0.15, -0.1) is 12.6 Å². The van der Waals surface area contributed by atoms with Crippen LogP contribution in [0.15, 0.2) is 11.1 Å². The van der Waals surface area contributed by atoms with Gasteiger partial charge in [0.1, 0.15) is 4.64 Å². The van der Waals surface area contributed by atoms with E-state index in [-0.39, 0.29) is 0 Å². The summed E-state index contributed by atoms with van der Waals surface area (Å²) in [6, 6.07) is 0. The molecule has 0 aromatic carbocycles. The van der Waals surface area contributed by atoms with Crippen molar-refractivity contribution >= 4 is 37.1 Å². The Morgan fingerprint density at radius 2 is 2.20 bits per heavy atom. The first-order chi connectivity index (χ1) is 4.61. The van der Waals surface area contributed by atoms with Gasteiger partial charge in [0.25, 0.3) is 0 Å². The minimum atomic E-state index is 0.560. The molecule has 0 amide bonds. The van der Waals surface area contributed by atoms with E-state index >= 15 is 0 Å². The highest BCUT2D eigenvalue weighted by atomic mass is 32.1. The molecule has 0 spiro atoms. The number of nitrogens with zero attached hydrogens (tertiary/aromatic N) is 1. The third-order valence-corrected chi connectivity index (χ3v) is 2.37. The number of rotatable bonds is 0. The second-order valence-electron chi connectivity index (χ2n) is 1.90. The second-order valence-corrected chi connectivity index (χ2v) is 3.19. The molecule has 1 heterocycles. The number of nitrogens with one attached hydrogen (secondary N) is 1. The first-order valence-electron chi connectivity index (χ1n) is 2.60. The van der Waals surface area contributed by atoms with Crippen LogP contribution in [0.4, 0.5) is 0 Å². The van der Waals surface area contributed by atoms with E-state index in [9.17, 15) is 0 Å². The monoisotopic (exact) mass is 190 g/mol. The van der Waals surface area contributed by atoms with E-state index in [0.29, 0.717) is 9.15 Å². The molecule has 0 unspecified atom stereocenters. The molecule has 0 radical (unpaired) electrons. The summed E-state index contributed by atoms with van der Waals surface area (Å²) in [7, 11) is 1.84. The molecule has 0 fully saturated rings. The first-order valence-corrected chi connectivity index (χ1v) is 3.86. The van der Waals surface area contributed by atoms with E-state index in [1.165, 1.54) is 0 Å². The van der Waals surface area contributed by atoms with Gasteiger partial charge in [-0.3, -0.25) is 9.78 Å². The molecule has 54 valence electrons. The lowest BCUT2D eigenvalue weighted by molar-refractivity contribution is 0.715. The summed E-state index contributed by atoms with van der Waals surface area (Å²) in [6.07, 6.45) is 1.78. The number of hydrogen-bond acceptors (Lipinski definition) is 3. The Morgan fingerprint density at radius 1 is 1.60 bits per heavy atom. The molecular weight excluding hydrogens is 184 g/mol. The van der Waals surface area contributed by atoms with E-state index in [1.807, 2.05) is 7.05 Å². The molecule has 0 saturated heterocycles. The number of aryl methyl sites for hydroxylation is 1. The van der Waals surface area contributed by atoms with Gasteiger partial charge in [-0.1, -0.05) is 24.4 Å². The Balaban J connectivity index is 3.62. The highest BCUT2D eigenvalue weighted by Crippen LogP contribution is 2.05. The number of thiol groups is 1. The highest BCUT2D eigenvalue weighted by molar-refractivity contribution is 7.81. The van der Waals surface area contributed by atoms with Crippen LogP contribution in [-0.4, -0.2) is 9.78 Å². The molecule has 0 bridgehead atoms. The minimum Gasteiger partial charge on any atom is -0.296 e. The quantitative estimate of drug-likeness (QED) is 0.483. The third-order valence-electron chi connectivity index (χ3n) is 1.03. The fraction of sp³-hybridized carbons (Fsp3) is 0.200. The topological polar surface area (TPSA) is 20.7 Å². The summed E-state index contributed by atoms with van der Waals surface area (Å²) in [5.74, 6) is 0. The van der Waals surface area contributed by atoms with Gasteiger partial charge < -0.3 is 0 Å². The number of aromatic amines is 1. The molecule has 0 saturated carbocycles. The lowest BCUT2D eigenvalue weighted by Crippen LogP contribution is -1.96. The summed E-state index contributed by atoms with van der Waals surface area (Å²) < 4.78 is 2.89. The van der Waals surface area contributed by atoms with Gasteiger partial charge >= 0.3 is 0 Å². The summed E-state index contributed by atoms with van der Waals surface area (Å²) in [6.45, 7) is 0. The summed E-state index contributed by atoms with van der Waals surface area (Å²) >= 11 is 14.0. The third kappa shape index (κ3) is 1.47. The van der Waals surface area contributed by atoms with Gasteiger partial charge in [0.2, 0.25) is 0 Å². The Labute approximate surface area is 74.3 Å². The van der Waals surface area contributed by atoms with Crippen LogP contribution in [0, 0.1) is 9.15 Å². The normalized spacial score (nSPS) is 9.80. The van der Waals surface area contributed by atoms with Crippen molar-refractivity contribution in [2.24, 2.45) is 7.05 Å². The fourth-order valence-electron chi connectivity index (χ4n) is 0.602. The standard InChI is InChI=1S/C5H6N2S3/c1-7-2-3(8)4(9)5(10)6-7/h2,8H,1H3,(H,6,10). The van der Waals surface area contributed by atoms with Crippen molar-refractivity contribution in [1.29, 1.82) is 0 Å². The average molecular weight is 190 g/mol. The Morgan fingerprint density at radius 3 is 2.70 bits per heavy atom. The van der Waals surface area contributed by atoms with E-state index < -0.39 is 0 Å². The predicted octanol–water partition coefficient (Wildman–Crippen LogP) is 2.10. The highest BCUT2D eigenvalue weighted by Gasteiger charge is 1.90. The van der Waals surface area contributed by atoms with E-state index in [1.54, 1.807) is 10.9 Å². The number of aromatic nitrogens is 2. The predicted molar refractivity (Wildman–Crippen MR) is 48.7 cm³/mol. The molecule has 5 heteroatoms. The Bertz CT molecular complexity index is 349. The van der Waals surface area contributed by atoms with E-state index in [2.05, 4.69) is 17.7 Å². The zero-order valence-corrected chi connectivity index (χ0v) is 7.82. The molecule has 2 nitrogen and oxygen atoms in total. The van der Waals surface area contributed by atoms with Crippen molar-refractivity contribution in [3.63, 3.8) is 0 Å². The maximum absolute atomic E-state index is 4.93. The van der Waals surface area contributed by atoms with Crippen molar-refractivity contribution in [2.45, 2.75) is 4.90 Å². The van der Waals surface area contributed by atoms with Gasteiger partial charge in [-0.2, -0.15) is 0 Å². The lowest BCUT2D eigenvalue weighted by atomic mass is 10.6. The zero-order valence-electron chi connectivity index (χ0n) is 5.29. The zero-order chi connectivity index (χ0) is 7.72. The molecule has 0 aliphatic heterocycles. The fourth-order valence-corrected chi connectivity index (χ4v) is 1.31. The van der Waals surface area contributed by atoms with Crippen LogP contribution < -0.4 is 0 Å². The van der Waals surface area contributed by atoms with Gasteiger partial charge in [0, 0.05) is 18.1 Å². The van der Waals surface area contributed by atoms with Gasteiger partial charge in [-0.05, 0) is 0 Å². The van der Waals surface area contributed by atoms with Crippen molar-refractivity contribution in [2.75, 3.05) is 0 Å². The van der Waals surface area contributed by atoms with Crippen molar-refractivity contribution in [3.05, 3.63) is 15.3 Å². The maximum Gasteiger partial charge on any atom is 0.137 e. The lowest BCUT2D eigenvalue weighted by Gasteiger charge is -1.98.